The van der Waals surface area contributed by atoms with E-state index in [0.717, 1.165) is 11.3 Å². The number of benzene rings is 1. The number of likely N-dealkylation sites (tertiary alicyclic amines) is 1. The molecule has 4 rings (SSSR count). The van der Waals surface area contributed by atoms with Crippen molar-refractivity contribution < 1.29 is 37.0 Å². The van der Waals surface area contributed by atoms with Crippen molar-refractivity contribution in [3.63, 3.8) is 0 Å². The van der Waals surface area contributed by atoms with Gasteiger partial charge in [-0.2, -0.15) is 4.98 Å². The number of nitrogens with one attached hydrogen (secondary N) is 1. The number of fused-ring (bicyclic) bond motifs is 1. The summed E-state index contributed by atoms with van der Waals surface area (Å²) in [5, 5.41) is 3.05. The Labute approximate surface area is 213 Å². The van der Waals surface area contributed by atoms with Crippen molar-refractivity contribution in [3.05, 3.63) is 36.2 Å². The molecule has 0 radical (unpaired) electrons. The van der Waals surface area contributed by atoms with Crippen LogP contribution in [-0.4, -0.2) is 65.0 Å². The van der Waals surface area contributed by atoms with Crippen LogP contribution in [0.2, 0.25) is 0 Å². The molecule has 0 bridgehead atoms. The molecule has 37 heavy (non-hydrogen) atoms. The number of alkyl halides is 3. The number of hydrogen-bond acceptors (Lipinski definition) is 9. The Morgan fingerprint density at radius 1 is 1.22 bits per heavy atom. The summed E-state index contributed by atoms with van der Waals surface area (Å²) >= 11 is 1.16. The van der Waals surface area contributed by atoms with E-state index in [9.17, 15) is 22.8 Å². The van der Waals surface area contributed by atoms with Crippen molar-refractivity contribution in [2.75, 3.05) is 32.1 Å². The zero-order valence-electron chi connectivity index (χ0n) is 20.0. The average Bonchev–Trinajstić information content (AvgIpc) is 3.27. The number of urea groups is 1. The maximum absolute atomic E-state index is 13.1. The number of carbonyl (C=O) groups excluding carboxylic acids is 2. The van der Waals surface area contributed by atoms with Crippen molar-refractivity contribution in [1.29, 1.82) is 0 Å². The molecule has 1 fully saturated rings. The number of nitrogens with zero attached hydrogens (tertiary/aromatic N) is 4. The first-order valence-electron chi connectivity index (χ1n) is 11.4. The highest BCUT2D eigenvalue weighted by Crippen LogP contribution is 2.37. The largest absolute Gasteiger partial charge is 0.573 e. The van der Waals surface area contributed by atoms with Crippen LogP contribution in [0.4, 0.5) is 23.1 Å². The summed E-state index contributed by atoms with van der Waals surface area (Å²) < 4.78 is 51.9. The number of carbonyl (C=O) groups is 2. The van der Waals surface area contributed by atoms with Gasteiger partial charge in [-0.1, -0.05) is 23.5 Å². The molecule has 1 atom stereocenters. The molecule has 10 nitrogen and oxygen atoms in total. The van der Waals surface area contributed by atoms with Crippen LogP contribution in [-0.2, 0) is 16.0 Å². The number of anilines is 1. The van der Waals surface area contributed by atoms with Gasteiger partial charge < -0.3 is 19.1 Å². The maximum Gasteiger partial charge on any atom is 0.573 e. The summed E-state index contributed by atoms with van der Waals surface area (Å²) in [7, 11) is 1.46. The molecule has 1 aromatic carbocycles. The van der Waals surface area contributed by atoms with Crippen LogP contribution < -0.4 is 14.8 Å². The van der Waals surface area contributed by atoms with Gasteiger partial charge in [0.15, 0.2) is 15.5 Å². The van der Waals surface area contributed by atoms with Gasteiger partial charge in [-0.05, 0) is 43.9 Å². The topological polar surface area (TPSA) is 116 Å². The average molecular weight is 540 g/mol. The number of piperidine rings is 1. The van der Waals surface area contributed by atoms with Crippen LogP contribution in [0.3, 0.4) is 0 Å². The van der Waals surface area contributed by atoms with Crippen LogP contribution in [0.25, 0.3) is 10.3 Å². The lowest BCUT2D eigenvalue weighted by Crippen LogP contribution is -2.52. The second kappa shape index (κ2) is 10.7. The smallest absolute Gasteiger partial charge is 0.479 e. The molecule has 1 aliphatic rings. The van der Waals surface area contributed by atoms with E-state index in [0.29, 0.717) is 40.4 Å². The fraction of sp³-hybridized carbons (Fsp3) is 0.435. The second-order valence-corrected chi connectivity index (χ2v) is 9.36. The zero-order valence-corrected chi connectivity index (χ0v) is 20.8. The van der Waals surface area contributed by atoms with Gasteiger partial charge in [0, 0.05) is 13.1 Å². The molecule has 1 N–H and O–H groups in total. The van der Waals surface area contributed by atoms with E-state index in [-0.39, 0.29) is 31.2 Å². The number of esters is 1. The number of hydrogen-bond donors (Lipinski definition) is 1. The summed E-state index contributed by atoms with van der Waals surface area (Å²) in [6.07, 6.45) is -2.31. The highest BCUT2D eigenvalue weighted by atomic mass is 32.1. The van der Waals surface area contributed by atoms with Gasteiger partial charge in [-0.25, -0.2) is 14.8 Å². The van der Waals surface area contributed by atoms with E-state index in [4.69, 9.17) is 9.47 Å². The predicted molar refractivity (Wildman–Crippen MR) is 127 cm³/mol. The third kappa shape index (κ3) is 6.18. The minimum atomic E-state index is -4.80. The fourth-order valence-corrected chi connectivity index (χ4v) is 5.07. The number of halogens is 3. The van der Waals surface area contributed by atoms with Gasteiger partial charge in [0.25, 0.3) is 0 Å². The number of amides is 2. The Morgan fingerprint density at radius 2 is 1.97 bits per heavy atom. The molecule has 1 saturated heterocycles. The monoisotopic (exact) mass is 539 g/mol. The Hall–Kier alpha value is -3.68. The molecular weight excluding hydrogens is 515 g/mol. The molecule has 3 heterocycles. The van der Waals surface area contributed by atoms with E-state index in [1.54, 1.807) is 6.92 Å². The van der Waals surface area contributed by atoms with Gasteiger partial charge in [-0.15, -0.1) is 13.2 Å². The SMILES string of the molecule is CCOC(=O)C1(Cc2ccc(OC(F)(F)F)cc2)CCCN(C(=O)Nc2nc3c(OC)ncnc3s2)C1. The Bertz CT molecular complexity index is 1270. The van der Waals surface area contributed by atoms with Crippen molar-refractivity contribution in [1.82, 2.24) is 19.9 Å². The van der Waals surface area contributed by atoms with Gasteiger partial charge in [0.1, 0.15) is 12.1 Å². The molecule has 3 aromatic rings. The lowest BCUT2D eigenvalue weighted by Gasteiger charge is -2.40. The summed E-state index contributed by atoms with van der Waals surface area (Å²) in [6.45, 7) is 2.30. The third-order valence-electron chi connectivity index (χ3n) is 5.84. The van der Waals surface area contributed by atoms with Gasteiger partial charge in [0.05, 0.1) is 19.1 Å². The van der Waals surface area contributed by atoms with E-state index in [1.807, 2.05) is 0 Å². The van der Waals surface area contributed by atoms with E-state index in [2.05, 4.69) is 25.0 Å². The van der Waals surface area contributed by atoms with Crippen molar-refractivity contribution in [3.8, 4) is 11.6 Å². The normalized spacial score (nSPS) is 17.9. The third-order valence-corrected chi connectivity index (χ3v) is 6.72. The molecule has 0 spiro atoms. The first-order valence-corrected chi connectivity index (χ1v) is 12.2. The molecule has 2 aromatic heterocycles. The van der Waals surface area contributed by atoms with Crippen molar-refractivity contribution >= 4 is 38.8 Å². The quantitative estimate of drug-likeness (QED) is 0.439. The lowest BCUT2D eigenvalue weighted by atomic mass is 9.75. The van der Waals surface area contributed by atoms with Gasteiger partial charge >= 0.3 is 18.4 Å². The lowest BCUT2D eigenvalue weighted by molar-refractivity contribution is -0.274. The number of methoxy groups -OCH3 is 1. The highest BCUT2D eigenvalue weighted by molar-refractivity contribution is 7.22. The van der Waals surface area contributed by atoms with Gasteiger partial charge in [0.2, 0.25) is 5.88 Å². The second-order valence-electron chi connectivity index (χ2n) is 8.38. The van der Waals surface area contributed by atoms with Crippen molar-refractivity contribution in [2.24, 2.45) is 5.41 Å². The minimum absolute atomic E-state index is 0.0620. The molecule has 0 saturated carbocycles. The summed E-state index contributed by atoms with van der Waals surface area (Å²) in [5.74, 6) is -0.543. The van der Waals surface area contributed by atoms with Gasteiger partial charge in [-0.3, -0.25) is 10.1 Å². The standard InChI is InChI=1S/C23H24F3N5O5S/c1-3-35-19(32)22(11-14-5-7-15(8-6-14)36-23(24,25)26)9-4-10-31(12-22)21(33)30-20-29-16-17(34-2)27-13-28-18(16)37-20/h5-8,13H,3-4,9-12H2,1-2H3,(H,29,30,33). The molecule has 0 aliphatic carbocycles. The summed E-state index contributed by atoms with van der Waals surface area (Å²) in [4.78, 5) is 40.8. The molecule has 2 amide bonds. The number of aromatic nitrogens is 3. The first-order chi connectivity index (χ1) is 17.6. The minimum Gasteiger partial charge on any atom is -0.479 e. The predicted octanol–water partition coefficient (Wildman–Crippen LogP) is 4.41. The van der Waals surface area contributed by atoms with Crippen LogP contribution in [0.15, 0.2) is 30.6 Å². The summed E-state index contributed by atoms with van der Waals surface area (Å²) in [5.41, 5.74) is -0.0373. The Morgan fingerprint density at radius 3 is 2.65 bits per heavy atom. The van der Waals surface area contributed by atoms with Crippen molar-refractivity contribution in [2.45, 2.75) is 32.5 Å². The molecule has 1 aliphatic heterocycles. The molecular formula is C23H24F3N5O5S. The molecule has 198 valence electrons. The maximum atomic E-state index is 13.1. The first kappa shape index (κ1) is 26.4. The number of ether oxygens (including phenoxy) is 3. The van der Waals surface area contributed by atoms with E-state index < -0.39 is 23.8 Å². The Balaban J connectivity index is 1.52. The fourth-order valence-electron chi connectivity index (χ4n) is 4.28. The molecule has 14 heteroatoms. The Kier molecular flexibility index (Phi) is 7.66. The van der Waals surface area contributed by atoms with E-state index in [1.165, 1.54) is 42.6 Å². The number of thiazole rings is 1. The van der Waals surface area contributed by atoms with Crippen LogP contribution in [0.1, 0.15) is 25.3 Å². The van der Waals surface area contributed by atoms with Crippen LogP contribution >= 0.6 is 11.3 Å². The highest BCUT2D eigenvalue weighted by Gasteiger charge is 2.45. The van der Waals surface area contributed by atoms with Crippen LogP contribution in [0.5, 0.6) is 11.6 Å². The summed E-state index contributed by atoms with van der Waals surface area (Å²) in [6, 6.07) is 4.87. The molecule has 1 unspecified atom stereocenters. The number of rotatable bonds is 7. The van der Waals surface area contributed by atoms with Crippen LogP contribution in [0, 0.1) is 5.41 Å². The zero-order chi connectivity index (χ0) is 26.6. The van der Waals surface area contributed by atoms with E-state index >= 15 is 0 Å².